The minimum absolute atomic E-state index is 0.0258. The fourth-order valence-electron chi connectivity index (χ4n) is 3.90. The first-order valence-corrected chi connectivity index (χ1v) is 10.9. The molecule has 0 radical (unpaired) electrons. The summed E-state index contributed by atoms with van der Waals surface area (Å²) in [4.78, 5) is 25.3. The number of carbonyl (C=O) groups excluding carboxylic acids is 2. The zero-order valence-electron chi connectivity index (χ0n) is 18.8. The minimum Gasteiger partial charge on any atom is -0.487 e. The number of thiophene rings is 1. The lowest BCUT2D eigenvalue weighted by Crippen LogP contribution is -2.42. The van der Waals surface area contributed by atoms with Crippen LogP contribution in [-0.2, 0) is 21.5 Å². The second kappa shape index (κ2) is 8.25. The molecule has 0 aromatic carbocycles. The highest BCUT2D eigenvalue weighted by molar-refractivity contribution is 7.15. The van der Waals surface area contributed by atoms with Gasteiger partial charge < -0.3 is 25.7 Å². The number of rotatable bonds is 8. The SMILES string of the molecule is CC(C)OCCOc1cn(-c2sc3c(c2C(N)=O)CC(C)(C)OC3(C)C)nc1C(N)=O. The molecule has 3 rings (SSSR count). The number of ether oxygens (including phenoxy) is 3. The molecule has 0 fully saturated rings. The first kappa shape index (κ1) is 23.2. The Balaban J connectivity index is 2.05. The summed E-state index contributed by atoms with van der Waals surface area (Å²) < 4.78 is 18.8. The molecule has 0 saturated carbocycles. The summed E-state index contributed by atoms with van der Waals surface area (Å²) in [6.07, 6.45) is 2.13. The summed E-state index contributed by atoms with van der Waals surface area (Å²) in [6, 6.07) is 0. The largest absolute Gasteiger partial charge is 0.487 e. The van der Waals surface area contributed by atoms with Gasteiger partial charge in [-0.25, -0.2) is 4.68 Å². The molecule has 0 atom stereocenters. The van der Waals surface area contributed by atoms with E-state index in [4.69, 9.17) is 25.7 Å². The lowest BCUT2D eigenvalue weighted by Gasteiger charge is -2.41. The molecule has 0 spiro atoms. The van der Waals surface area contributed by atoms with Crippen molar-refractivity contribution in [2.45, 2.75) is 65.3 Å². The van der Waals surface area contributed by atoms with Gasteiger partial charge in [0.15, 0.2) is 11.4 Å². The highest BCUT2D eigenvalue weighted by Crippen LogP contribution is 2.47. The third-order valence-corrected chi connectivity index (χ3v) is 6.36. The molecule has 170 valence electrons. The Labute approximate surface area is 185 Å². The Hall–Kier alpha value is -2.43. The van der Waals surface area contributed by atoms with Gasteiger partial charge in [-0.2, -0.15) is 5.10 Å². The number of fused-ring (bicyclic) bond motifs is 1. The van der Waals surface area contributed by atoms with E-state index in [1.54, 1.807) is 0 Å². The van der Waals surface area contributed by atoms with Crippen molar-refractivity contribution in [2.24, 2.45) is 11.5 Å². The molecule has 3 heterocycles. The van der Waals surface area contributed by atoms with Crippen molar-refractivity contribution >= 4 is 23.2 Å². The van der Waals surface area contributed by atoms with E-state index >= 15 is 0 Å². The van der Waals surface area contributed by atoms with Crippen molar-refractivity contribution in [1.29, 1.82) is 0 Å². The van der Waals surface area contributed by atoms with Gasteiger partial charge in [-0.05, 0) is 47.1 Å². The normalized spacial score (nSPS) is 16.9. The van der Waals surface area contributed by atoms with E-state index in [0.29, 0.717) is 23.6 Å². The number of primary amides is 2. The number of hydrogen-bond acceptors (Lipinski definition) is 7. The van der Waals surface area contributed by atoms with Crippen LogP contribution in [0, 0.1) is 0 Å². The Morgan fingerprint density at radius 3 is 2.48 bits per heavy atom. The van der Waals surface area contributed by atoms with Crippen molar-refractivity contribution in [3.63, 3.8) is 0 Å². The van der Waals surface area contributed by atoms with Crippen LogP contribution in [0.3, 0.4) is 0 Å². The minimum atomic E-state index is -0.731. The molecule has 10 heteroatoms. The van der Waals surface area contributed by atoms with Crippen LogP contribution in [0.25, 0.3) is 5.00 Å². The van der Waals surface area contributed by atoms with Gasteiger partial charge >= 0.3 is 0 Å². The van der Waals surface area contributed by atoms with E-state index in [0.717, 1.165) is 10.4 Å². The summed E-state index contributed by atoms with van der Waals surface area (Å²) in [5, 5.41) is 4.81. The predicted molar refractivity (Wildman–Crippen MR) is 117 cm³/mol. The number of carbonyl (C=O) groups is 2. The van der Waals surface area contributed by atoms with Crippen molar-refractivity contribution in [3.8, 4) is 10.8 Å². The molecule has 4 N–H and O–H groups in total. The second-order valence-corrected chi connectivity index (χ2v) is 9.92. The van der Waals surface area contributed by atoms with Gasteiger partial charge in [0.2, 0.25) is 0 Å². The predicted octanol–water partition coefficient (Wildman–Crippen LogP) is 2.52. The van der Waals surface area contributed by atoms with E-state index in [9.17, 15) is 9.59 Å². The monoisotopic (exact) mass is 450 g/mol. The molecule has 0 aliphatic carbocycles. The first-order valence-electron chi connectivity index (χ1n) is 10.1. The van der Waals surface area contributed by atoms with Gasteiger partial charge in [-0.15, -0.1) is 11.3 Å². The summed E-state index contributed by atoms with van der Waals surface area (Å²) >= 11 is 1.36. The van der Waals surface area contributed by atoms with Crippen LogP contribution in [0.2, 0.25) is 0 Å². The van der Waals surface area contributed by atoms with Gasteiger partial charge in [0.25, 0.3) is 11.8 Å². The van der Waals surface area contributed by atoms with E-state index in [1.807, 2.05) is 41.5 Å². The smallest absolute Gasteiger partial charge is 0.273 e. The topological polar surface area (TPSA) is 132 Å². The van der Waals surface area contributed by atoms with Crippen LogP contribution in [-0.4, -0.2) is 46.5 Å². The number of hydrogen-bond donors (Lipinski definition) is 2. The van der Waals surface area contributed by atoms with E-state index in [-0.39, 0.29) is 24.2 Å². The maximum atomic E-state index is 12.5. The highest BCUT2D eigenvalue weighted by atomic mass is 32.1. The van der Waals surface area contributed by atoms with Crippen molar-refractivity contribution < 1.29 is 23.8 Å². The molecule has 1 aliphatic rings. The molecule has 2 aromatic heterocycles. The maximum absolute atomic E-state index is 12.5. The molecule has 31 heavy (non-hydrogen) atoms. The van der Waals surface area contributed by atoms with Crippen LogP contribution in [0.5, 0.6) is 5.75 Å². The Bertz CT molecular complexity index is 1010. The average Bonchev–Trinajstić information content (AvgIpc) is 3.18. The zero-order valence-corrected chi connectivity index (χ0v) is 19.6. The Morgan fingerprint density at radius 1 is 1.23 bits per heavy atom. The van der Waals surface area contributed by atoms with Gasteiger partial charge in [0.1, 0.15) is 11.6 Å². The standard InChI is InChI=1S/C21H30N4O5S/c1-11(2)28-7-8-29-13-10-25(24-15(13)18(23)27)19-14(17(22)26)12-9-20(3,4)30-21(5,6)16(12)31-19/h10-11H,7-9H2,1-6H3,(H2,22,26)(H2,23,27). The molecule has 2 aromatic rings. The molecule has 1 aliphatic heterocycles. The zero-order chi connectivity index (χ0) is 23.1. The van der Waals surface area contributed by atoms with Gasteiger partial charge in [0, 0.05) is 11.3 Å². The molecular weight excluding hydrogens is 420 g/mol. The van der Waals surface area contributed by atoms with Crippen LogP contribution >= 0.6 is 11.3 Å². The summed E-state index contributed by atoms with van der Waals surface area (Å²) in [5.74, 6) is -1.08. The molecule has 0 unspecified atom stereocenters. The fourth-order valence-corrected chi connectivity index (χ4v) is 5.19. The number of aromatic nitrogens is 2. The van der Waals surface area contributed by atoms with Crippen molar-refractivity contribution in [1.82, 2.24) is 9.78 Å². The average molecular weight is 451 g/mol. The Morgan fingerprint density at radius 2 is 1.90 bits per heavy atom. The number of nitrogens with two attached hydrogens (primary N) is 2. The summed E-state index contributed by atoms with van der Waals surface area (Å²) in [5.41, 5.74) is 11.4. The van der Waals surface area contributed by atoms with Crippen LogP contribution in [0.15, 0.2) is 6.20 Å². The quantitative estimate of drug-likeness (QED) is 0.594. The van der Waals surface area contributed by atoms with Crippen LogP contribution in [0.1, 0.15) is 72.8 Å². The van der Waals surface area contributed by atoms with E-state index < -0.39 is 23.0 Å². The lowest BCUT2D eigenvalue weighted by molar-refractivity contribution is -0.135. The molecule has 2 amide bonds. The molecule has 0 saturated heterocycles. The lowest BCUT2D eigenvalue weighted by atomic mass is 9.86. The molecule has 0 bridgehead atoms. The third-order valence-electron chi connectivity index (χ3n) is 4.83. The number of amides is 2. The number of nitrogens with zero attached hydrogens (tertiary/aromatic N) is 2. The third kappa shape index (κ3) is 4.76. The van der Waals surface area contributed by atoms with Crippen molar-refractivity contribution in [3.05, 3.63) is 27.9 Å². The first-order chi connectivity index (χ1) is 14.3. The van der Waals surface area contributed by atoms with Gasteiger partial charge in [-0.3, -0.25) is 9.59 Å². The fraction of sp³-hybridized carbons (Fsp3) is 0.571. The molecular formula is C21H30N4O5S. The van der Waals surface area contributed by atoms with E-state index in [1.165, 1.54) is 22.2 Å². The second-order valence-electron chi connectivity index (χ2n) is 8.92. The van der Waals surface area contributed by atoms with Gasteiger partial charge in [0.05, 0.1) is 35.7 Å². The van der Waals surface area contributed by atoms with E-state index in [2.05, 4.69) is 5.10 Å². The molecule has 9 nitrogen and oxygen atoms in total. The van der Waals surface area contributed by atoms with Crippen LogP contribution in [0.4, 0.5) is 0 Å². The van der Waals surface area contributed by atoms with Crippen LogP contribution < -0.4 is 16.2 Å². The summed E-state index contributed by atoms with van der Waals surface area (Å²) in [6.45, 7) is 12.3. The maximum Gasteiger partial charge on any atom is 0.273 e. The van der Waals surface area contributed by atoms with Gasteiger partial charge in [-0.1, -0.05) is 0 Å². The summed E-state index contributed by atoms with van der Waals surface area (Å²) in [7, 11) is 0. The van der Waals surface area contributed by atoms with Crippen molar-refractivity contribution in [2.75, 3.05) is 13.2 Å². The Kier molecular flexibility index (Phi) is 6.18. The highest BCUT2D eigenvalue weighted by Gasteiger charge is 2.43.